The average molecular weight is 324 g/mol. The Kier molecular flexibility index (Phi) is 5.10. The van der Waals surface area contributed by atoms with E-state index in [1.165, 1.54) is 11.1 Å². The number of halogens is 1. The van der Waals surface area contributed by atoms with E-state index >= 15 is 0 Å². The van der Waals surface area contributed by atoms with Crippen LogP contribution in [-0.4, -0.2) is 28.5 Å². The van der Waals surface area contributed by atoms with Gasteiger partial charge in [0.15, 0.2) is 0 Å². The van der Waals surface area contributed by atoms with Crippen molar-refractivity contribution in [3.8, 4) is 0 Å². The van der Waals surface area contributed by atoms with Gasteiger partial charge in [-0.15, -0.1) is 10.2 Å². The third-order valence-corrected chi connectivity index (χ3v) is 3.53. The monoisotopic (exact) mass is 323 g/mol. The molecule has 0 amide bonds. The molecule has 0 N–H and O–H groups in total. The fraction of sp³-hybridized carbons (Fsp3) is 0.429. The van der Waals surface area contributed by atoms with Gasteiger partial charge in [-0.25, -0.2) is 0 Å². The highest BCUT2D eigenvalue weighted by Gasteiger charge is 2.11. The van der Waals surface area contributed by atoms with E-state index in [4.69, 9.17) is 4.74 Å². The van der Waals surface area contributed by atoms with Crippen LogP contribution in [0.4, 0.5) is 0 Å². The summed E-state index contributed by atoms with van der Waals surface area (Å²) in [5, 5.41) is 9.20. The molecule has 0 aliphatic heterocycles. The molecule has 0 spiro atoms. The molecule has 0 saturated carbocycles. The highest BCUT2D eigenvalue weighted by molar-refractivity contribution is 9.08. The Hall–Kier alpha value is -1.20. The van der Waals surface area contributed by atoms with Crippen LogP contribution in [0, 0.1) is 6.92 Å². The van der Waals surface area contributed by atoms with Gasteiger partial charge in [-0.2, -0.15) is 0 Å². The van der Waals surface area contributed by atoms with Crippen LogP contribution >= 0.6 is 15.9 Å². The van der Waals surface area contributed by atoms with Crippen LogP contribution in [0.25, 0.3) is 0 Å². The predicted molar refractivity (Wildman–Crippen MR) is 78.5 cm³/mol. The zero-order valence-corrected chi connectivity index (χ0v) is 12.9. The van der Waals surface area contributed by atoms with Crippen LogP contribution < -0.4 is 0 Å². The van der Waals surface area contributed by atoms with Gasteiger partial charge in [0, 0.05) is 20.1 Å². The van der Waals surface area contributed by atoms with Crippen molar-refractivity contribution in [2.45, 2.75) is 25.2 Å². The number of alkyl halides is 1. The molecule has 1 aromatic carbocycles. The lowest BCUT2D eigenvalue weighted by molar-refractivity contribution is 0.185. The van der Waals surface area contributed by atoms with Gasteiger partial charge in [0.1, 0.15) is 11.6 Å². The van der Waals surface area contributed by atoms with Crippen LogP contribution in [0.2, 0.25) is 0 Å². The molecule has 0 bridgehead atoms. The molecule has 0 aliphatic carbocycles. The standard InChI is InChI=1S/C14H18BrN3O/c1-11-3-5-12(6-4-11)9-13-16-17-14(10-15)18(13)7-8-19-2/h3-6H,7-10H2,1-2H3. The van der Waals surface area contributed by atoms with Crippen LogP contribution in [0.1, 0.15) is 22.8 Å². The number of aromatic nitrogens is 3. The minimum absolute atomic E-state index is 0.666. The third kappa shape index (κ3) is 3.64. The molecule has 4 nitrogen and oxygen atoms in total. The van der Waals surface area contributed by atoms with Crippen molar-refractivity contribution >= 4 is 15.9 Å². The molecule has 19 heavy (non-hydrogen) atoms. The number of nitrogens with zero attached hydrogens (tertiary/aromatic N) is 3. The van der Waals surface area contributed by atoms with Gasteiger partial charge in [-0.05, 0) is 12.5 Å². The highest BCUT2D eigenvalue weighted by atomic mass is 79.9. The normalized spacial score (nSPS) is 10.9. The second-order valence-electron chi connectivity index (χ2n) is 4.47. The average Bonchev–Trinajstić information content (AvgIpc) is 2.81. The lowest BCUT2D eigenvalue weighted by Crippen LogP contribution is -2.11. The number of benzene rings is 1. The summed E-state index contributed by atoms with van der Waals surface area (Å²) in [5.41, 5.74) is 2.52. The van der Waals surface area contributed by atoms with Gasteiger partial charge in [-0.3, -0.25) is 0 Å². The number of aryl methyl sites for hydroxylation is 1. The van der Waals surface area contributed by atoms with E-state index < -0.39 is 0 Å². The summed E-state index contributed by atoms with van der Waals surface area (Å²) in [4.78, 5) is 0. The molecule has 2 rings (SSSR count). The van der Waals surface area contributed by atoms with E-state index in [1.807, 2.05) is 0 Å². The lowest BCUT2D eigenvalue weighted by Gasteiger charge is -2.08. The fourth-order valence-corrected chi connectivity index (χ4v) is 2.35. The minimum atomic E-state index is 0.666. The zero-order valence-electron chi connectivity index (χ0n) is 11.3. The van der Waals surface area contributed by atoms with E-state index in [1.54, 1.807) is 7.11 Å². The number of hydrogen-bond donors (Lipinski definition) is 0. The SMILES string of the molecule is COCCn1c(CBr)nnc1Cc1ccc(C)cc1. The van der Waals surface area contributed by atoms with Crippen molar-refractivity contribution in [1.29, 1.82) is 0 Å². The Morgan fingerprint density at radius 1 is 1.16 bits per heavy atom. The van der Waals surface area contributed by atoms with Crippen LogP contribution in [0.5, 0.6) is 0 Å². The van der Waals surface area contributed by atoms with E-state index in [-0.39, 0.29) is 0 Å². The van der Waals surface area contributed by atoms with Gasteiger partial charge in [0.25, 0.3) is 0 Å². The molecule has 0 radical (unpaired) electrons. The van der Waals surface area contributed by atoms with Gasteiger partial charge >= 0.3 is 0 Å². The Balaban J connectivity index is 2.19. The third-order valence-electron chi connectivity index (χ3n) is 3.03. The van der Waals surface area contributed by atoms with Crippen LogP contribution in [0.15, 0.2) is 24.3 Å². The maximum absolute atomic E-state index is 5.14. The smallest absolute Gasteiger partial charge is 0.143 e. The fourth-order valence-electron chi connectivity index (χ4n) is 1.93. The summed E-state index contributed by atoms with van der Waals surface area (Å²) in [7, 11) is 1.71. The quantitative estimate of drug-likeness (QED) is 0.767. The van der Waals surface area contributed by atoms with Crippen molar-refractivity contribution in [2.75, 3.05) is 13.7 Å². The second-order valence-corrected chi connectivity index (χ2v) is 5.03. The summed E-state index contributed by atoms with van der Waals surface area (Å²) in [6.45, 7) is 3.54. The first-order valence-electron chi connectivity index (χ1n) is 6.26. The molecule has 0 aliphatic rings. The van der Waals surface area contributed by atoms with Gasteiger partial charge in [-0.1, -0.05) is 45.8 Å². The maximum atomic E-state index is 5.14. The van der Waals surface area contributed by atoms with E-state index in [9.17, 15) is 0 Å². The molecule has 102 valence electrons. The van der Waals surface area contributed by atoms with Crippen molar-refractivity contribution in [1.82, 2.24) is 14.8 Å². The summed E-state index contributed by atoms with van der Waals surface area (Å²) >= 11 is 3.44. The first-order chi connectivity index (χ1) is 9.24. The Morgan fingerprint density at radius 2 is 1.84 bits per heavy atom. The molecule has 5 heteroatoms. The Bertz CT molecular complexity index is 522. The number of rotatable bonds is 6. The Labute approximate surface area is 121 Å². The van der Waals surface area contributed by atoms with Crippen molar-refractivity contribution in [3.05, 3.63) is 47.0 Å². The summed E-state index contributed by atoms with van der Waals surface area (Å²) in [6.07, 6.45) is 0.796. The molecular weight excluding hydrogens is 306 g/mol. The zero-order chi connectivity index (χ0) is 13.7. The minimum Gasteiger partial charge on any atom is -0.383 e. The van der Waals surface area contributed by atoms with Gasteiger partial charge < -0.3 is 9.30 Å². The molecule has 2 aromatic rings. The molecule has 1 heterocycles. The van der Waals surface area contributed by atoms with E-state index in [0.29, 0.717) is 11.9 Å². The van der Waals surface area contributed by atoms with Crippen LogP contribution in [0.3, 0.4) is 0 Å². The maximum Gasteiger partial charge on any atom is 0.143 e. The Morgan fingerprint density at radius 3 is 2.47 bits per heavy atom. The predicted octanol–water partition coefficient (Wildman–Crippen LogP) is 2.72. The molecule has 0 atom stereocenters. The van der Waals surface area contributed by atoms with Crippen molar-refractivity contribution in [3.63, 3.8) is 0 Å². The van der Waals surface area contributed by atoms with Crippen LogP contribution in [-0.2, 0) is 23.0 Å². The molecular formula is C14H18BrN3O. The molecule has 0 unspecified atom stereocenters. The lowest BCUT2D eigenvalue weighted by atomic mass is 10.1. The summed E-state index contributed by atoms with van der Waals surface area (Å²) in [6, 6.07) is 8.52. The van der Waals surface area contributed by atoms with Gasteiger partial charge in [0.05, 0.1) is 11.9 Å². The highest BCUT2D eigenvalue weighted by Crippen LogP contribution is 2.12. The molecule has 1 aromatic heterocycles. The van der Waals surface area contributed by atoms with E-state index in [2.05, 4.69) is 61.9 Å². The van der Waals surface area contributed by atoms with Crippen molar-refractivity contribution in [2.24, 2.45) is 0 Å². The topological polar surface area (TPSA) is 39.9 Å². The van der Waals surface area contributed by atoms with Gasteiger partial charge in [0.2, 0.25) is 0 Å². The first-order valence-corrected chi connectivity index (χ1v) is 7.38. The van der Waals surface area contributed by atoms with Crippen molar-refractivity contribution < 1.29 is 4.74 Å². The largest absolute Gasteiger partial charge is 0.383 e. The molecule has 0 saturated heterocycles. The number of methoxy groups -OCH3 is 1. The number of ether oxygens (including phenoxy) is 1. The second kappa shape index (κ2) is 6.82. The van der Waals surface area contributed by atoms with E-state index in [0.717, 1.165) is 24.6 Å². The molecule has 0 fully saturated rings. The summed E-state index contributed by atoms with van der Waals surface area (Å²) in [5.74, 6) is 1.93. The number of hydrogen-bond acceptors (Lipinski definition) is 3. The first kappa shape index (κ1) is 14.2. The summed E-state index contributed by atoms with van der Waals surface area (Å²) < 4.78 is 7.27.